The summed E-state index contributed by atoms with van der Waals surface area (Å²) in [5, 5.41) is 3.60. The standard InChI is InChI=1S/C21H25N3O2S/c1-6-15-10-17-20(27-15)22-14(5)24(21(17)26)11-18(25)23-19-13(4)8-7-9-16(19)12(2)3/h7-10,12H,6,11H2,1-5H3,(H,23,25). The van der Waals surface area contributed by atoms with Crippen LogP contribution in [0.3, 0.4) is 0 Å². The fourth-order valence-electron chi connectivity index (χ4n) is 3.19. The van der Waals surface area contributed by atoms with Crippen LogP contribution in [0.2, 0.25) is 0 Å². The highest BCUT2D eigenvalue weighted by molar-refractivity contribution is 7.18. The quantitative estimate of drug-likeness (QED) is 0.710. The van der Waals surface area contributed by atoms with E-state index in [1.54, 1.807) is 6.92 Å². The van der Waals surface area contributed by atoms with E-state index in [2.05, 4.69) is 31.1 Å². The zero-order valence-corrected chi connectivity index (χ0v) is 17.2. The van der Waals surface area contributed by atoms with Gasteiger partial charge < -0.3 is 5.32 Å². The van der Waals surface area contributed by atoms with Crippen LogP contribution in [0, 0.1) is 13.8 Å². The Morgan fingerprint density at radius 2 is 2.04 bits per heavy atom. The number of carbonyl (C=O) groups excluding carboxylic acids is 1. The lowest BCUT2D eigenvalue weighted by molar-refractivity contribution is -0.116. The van der Waals surface area contributed by atoms with Crippen LogP contribution in [-0.4, -0.2) is 15.5 Å². The zero-order valence-electron chi connectivity index (χ0n) is 16.4. The van der Waals surface area contributed by atoms with Crippen LogP contribution in [0.25, 0.3) is 10.2 Å². The molecule has 6 heteroatoms. The summed E-state index contributed by atoms with van der Waals surface area (Å²) >= 11 is 1.54. The summed E-state index contributed by atoms with van der Waals surface area (Å²) in [7, 11) is 0. The van der Waals surface area contributed by atoms with Crippen LogP contribution in [-0.2, 0) is 17.8 Å². The number of fused-ring (bicyclic) bond motifs is 1. The number of hydrogen-bond acceptors (Lipinski definition) is 4. The van der Waals surface area contributed by atoms with Crippen molar-refractivity contribution in [3.05, 3.63) is 56.4 Å². The van der Waals surface area contributed by atoms with Crippen LogP contribution in [0.15, 0.2) is 29.1 Å². The Balaban J connectivity index is 1.92. The van der Waals surface area contributed by atoms with Gasteiger partial charge in [-0.05, 0) is 43.4 Å². The molecule has 0 unspecified atom stereocenters. The number of aromatic nitrogens is 2. The molecule has 0 saturated carbocycles. The molecule has 3 aromatic rings. The predicted octanol–water partition coefficient (Wildman–Crippen LogP) is 4.40. The summed E-state index contributed by atoms with van der Waals surface area (Å²) in [6.45, 7) is 9.95. The number of amides is 1. The summed E-state index contributed by atoms with van der Waals surface area (Å²) < 4.78 is 1.46. The molecular formula is C21H25N3O2S. The monoisotopic (exact) mass is 383 g/mol. The smallest absolute Gasteiger partial charge is 0.262 e. The predicted molar refractivity (Wildman–Crippen MR) is 112 cm³/mol. The van der Waals surface area contributed by atoms with E-state index in [0.717, 1.165) is 32.9 Å². The van der Waals surface area contributed by atoms with Crippen LogP contribution in [0.5, 0.6) is 0 Å². The molecule has 0 fully saturated rings. The topological polar surface area (TPSA) is 64.0 Å². The lowest BCUT2D eigenvalue weighted by Gasteiger charge is -2.17. The highest BCUT2D eigenvalue weighted by atomic mass is 32.1. The number of para-hydroxylation sites is 1. The van der Waals surface area contributed by atoms with Gasteiger partial charge in [0.1, 0.15) is 17.2 Å². The molecule has 0 atom stereocenters. The van der Waals surface area contributed by atoms with E-state index >= 15 is 0 Å². The Bertz CT molecular complexity index is 1060. The van der Waals surface area contributed by atoms with Crippen molar-refractivity contribution in [1.29, 1.82) is 0 Å². The van der Waals surface area contributed by atoms with E-state index in [1.807, 2.05) is 31.2 Å². The number of rotatable bonds is 5. The second kappa shape index (κ2) is 7.64. The van der Waals surface area contributed by atoms with Gasteiger partial charge in [0.05, 0.1) is 5.39 Å². The Labute approximate surface area is 163 Å². The maximum absolute atomic E-state index is 12.9. The van der Waals surface area contributed by atoms with E-state index < -0.39 is 0 Å². The first-order valence-corrected chi connectivity index (χ1v) is 10.0. The number of aryl methyl sites for hydroxylation is 3. The number of anilines is 1. The number of nitrogens with one attached hydrogen (secondary N) is 1. The second-order valence-corrected chi connectivity index (χ2v) is 8.19. The first-order chi connectivity index (χ1) is 12.8. The largest absolute Gasteiger partial charge is 0.324 e. The van der Waals surface area contributed by atoms with Crippen molar-refractivity contribution >= 4 is 33.1 Å². The average molecular weight is 384 g/mol. The molecule has 0 bridgehead atoms. The van der Waals surface area contributed by atoms with Crippen molar-refractivity contribution in [1.82, 2.24) is 9.55 Å². The molecule has 0 saturated heterocycles. The number of carbonyl (C=O) groups is 1. The Hall–Kier alpha value is -2.47. The van der Waals surface area contributed by atoms with Gasteiger partial charge in [-0.1, -0.05) is 39.0 Å². The zero-order chi connectivity index (χ0) is 19.7. The van der Waals surface area contributed by atoms with Gasteiger partial charge in [-0.2, -0.15) is 0 Å². The average Bonchev–Trinajstić information content (AvgIpc) is 3.03. The number of hydrogen-bond donors (Lipinski definition) is 1. The Morgan fingerprint density at radius 1 is 1.30 bits per heavy atom. The minimum atomic E-state index is -0.219. The molecule has 3 rings (SSSR count). The van der Waals surface area contributed by atoms with Crippen LogP contribution < -0.4 is 10.9 Å². The fraction of sp³-hybridized carbons (Fsp3) is 0.381. The van der Waals surface area contributed by atoms with Crippen molar-refractivity contribution in [3.8, 4) is 0 Å². The van der Waals surface area contributed by atoms with Crippen LogP contribution in [0.4, 0.5) is 5.69 Å². The van der Waals surface area contributed by atoms with E-state index in [-0.39, 0.29) is 18.0 Å². The van der Waals surface area contributed by atoms with Gasteiger partial charge in [0.15, 0.2) is 0 Å². The number of thiophene rings is 1. The first-order valence-electron chi connectivity index (χ1n) is 9.21. The molecule has 0 radical (unpaired) electrons. The van der Waals surface area contributed by atoms with Crippen LogP contribution >= 0.6 is 11.3 Å². The minimum absolute atomic E-state index is 0.0449. The molecule has 0 aliphatic rings. The van der Waals surface area contributed by atoms with E-state index in [4.69, 9.17) is 0 Å². The van der Waals surface area contributed by atoms with E-state index in [0.29, 0.717) is 17.1 Å². The summed E-state index contributed by atoms with van der Waals surface area (Å²) in [5.74, 6) is 0.630. The van der Waals surface area contributed by atoms with Gasteiger partial charge in [0.2, 0.25) is 5.91 Å². The van der Waals surface area contributed by atoms with Crippen LogP contribution in [0.1, 0.15) is 48.5 Å². The van der Waals surface area contributed by atoms with E-state index in [9.17, 15) is 9.59 Å². The molecule has 5 nitrogen and oxygen atoms in total. The Kier molecular flexibility index (Phi) is 5.46. The lowest BCUT2D eigenvalue weighted by atomic mass is 9.98. The molecule has 0 aliphatic carbocycles. The van der Waals surface area contributed by atoms with Gasteiger partial charge in [-0.15, -0.1) is 11.3 Å². The molecule has 2 heterocycles. The maximum atomic E-state index is 12.9. The summed E-state index contributed by atoms with van der Waals surface area (Å²) in [4.78, 5) is 32.0. The summed E-state index contributed by atoms with van der Waals surface area (Å²) in [5.41, 5.74) is 2.78. The first kappa shape index (κ1) is 19.3. The van der Waals surface area contributed by atoms with Crippen molar-refractivity contribution in [2.75, 3.05) is 5.32 Å². The lowest BCUT2D eigenvalue weighted by Crippen LogP contribution is -2.30. The molecule has 1 N–H and O–H groups in total. The fourth-order valence-corrected chi connectivity index (χ4v) is 4.20. The molecule has 1 aromatic carbocycles. The van der Waals surface area contributed by atoms with Gasteiger partial charge in [-0.25, -0.2) is 4.98 Å². The third-order valence-electron chi connectivity index (χ3n) is 4.73. The number of benzene rings is 1. The van der Waals surface area contributed by atoms with E-state index in [1.165, 1.54) is 15.9 Å². The highest BCUT2D eigenvalue weighted by Gasteiger charge is 2.16. The number of nitrogens with zero attached hydrogens (tertiary/aromatic N) is 2. The Morgan fingerprint density at radius 3 is 2.70 bits per heavy atom. The molecule has 1 amide bonds. The second-order valence-electron chi connectivity index (χ2n) is 7.08. The third kappa shape index (κ3) is 3.81. The van der Waals surface area contributed by atoms with Gasteiger partial charge in [0, 0.05) is 10.6 Å². The molecule has 2 aromatic heterocycles. The minimum Gasteiger partial charge on any atom is -0.324 e. The summed E-state index contributed by atoms with van der Waals surface area (Å²) in [6.07, 6.45) is 0.866. The molecule has 27 heavy (non-hydrogen) atoms. The molecule has 142 valence electrons. The molecule has 0 spiro atoms. The van der Waals surface area contributed by atoms with Gasteiger partial charge in [0.25, 0.3) is 5.56 Å². The van der Waals surface area contributed by atoms with Crippen molar-refractivity contribution in [3.63, 3.8) is 0 Å². The van der Waals surface area contributed by atoms with Gasteiger partial charge in [-0.3, -0.25) is 14.2 Å². The third-order valence-corrected chi connectivity index (χ3v) is 5.91. The van der Waals surface area contributed by atoms with Crippen molar-refractivity contribution < 1.29 is 4.79 Å². The van der Waals surface area contributed by atoms with Gasteiger partial charge >= 0.3 is 0 Å². The molecule has 0 aliphatic heterocycles. The maximum Gasteiger partial charge on any atom is 0.262 e. The SMILES string of the molecule is CCc1cc2c(=O)n(CC(=O)Nc3c(C)cccc3C(C)C)c(C)nc2s1. The summed E-state index contributed by atoms with van der Waals surface area (Å²) in [6, 6.07) is 7.89. The normalized spacial score (nSPS) is 11.3. The highest BCUT2D eigenvalue weighted by Crippen LogP contribution is 2.27. The van der Waals surface area contributed by atoms with Crippen molar-refractivity contribution in [2.24, 2.45) is 0 Å². The van der Waals surface area contributed by atoms with Crippen molar-refractivity contribution in [2.45, 2.75) is 53.5 Å². The molecular weight excluding hydrogens is 358 g/mol.